The third-order valence-electron chi connectivity index (χ3n) is 5.44. The van der Waals surface area contributed by atoms with Crippen molar-refractivity contribution in [1.29, 1.82) is 5.41 Å². The van der Waals surface area contributed by atoms with Gasteiger partial charge in [-0.05, 0) is 54.7 Å². The van der Waals surface area contributed by atoms with E-state index in [0.717, 1.165) is 24.1 Å². The number of nitrogens with one attached hydrogen (secondary N) is 2. The molecule has 33 heavy (non-hydrogen) atoms. The number of anilines is 2. The van der Waals surface area contributed by atoms with E-state index in [0.29, 0.717) is 30.8 Å². The van der Waals surface area contributed by atoms with Crippen molar-refractivity contribution in [1.82, 2.24) is 4.90 Å². The van der Waals surface area contributed by atoms with Crippen LogP contribution in [0, 0.1) is 11.3 Å². The van der Waals surface area contributed by atoms with Gasteiger partial charge >= 0.3 is 11.8 Å². The fourth-order valence-corrected chi connectivity index (χ4v) is 3.85. The molecule has 3 rings (SSSR count). The molecule has 1 aliphatic heterocycles. The molecule has 174 valence electrons. The summed E-state index contributed by atoms with van der Waals surface area (Å²) in [7, 11) is 0. The zero-order chi connectivity index (χ0) is 24.0. The molecule has 0 spiro atoms. The van der Waals surface area contributed by atoms with Crippen molar-refractivity contribution < 1.29 is 14.4 Å². The summed E-state index contributed by atoms with van der Waals surface area (Å²) in [5.74, 6) is -1.14. The Morgan fingerprint density at radius 1 is 1.15 bits per heavy atom. The van der Waals surface area contributed by atoms with Crippen LogP contribution in [0.5, 0.6) is 0 Å². The Balaban J connectivity index is 1.68. The Labute approximate surface area is 194 Å². The highest BCUT2D eigenvalue weighted by molar-refractivity contribution is 6.39. The summed E-state index contributed by atoms with van der Waals surface area (Å²) in [5.41, 5.74) is 8.21. The predicted molar refractivity (Wildman–Crippen MR) is 129 cm³/mol. The van der Waals surface area contributed by atoms with Crippen LogP contribution < -0.4 is 16.0 Å². The molecule has 0 aliphatic carbocycles. The maximum absolute atomic E-state index is 13.0. The van der Waals surface area contributed by atoms with Crippen LogP contribution in [0.3, 0.4) is 0 Å². The minimum atomic E-state index is -0.722. The van der Waals surface area contributed by atoms with E-state index in [2.05, 4.69) is 5.32 Å². The number of carbonyl (C=O) groups excluding carboxylic acids is 3. The fourth-order valence-electron chi connectivity index (χ4n) is 3.85. The predicted octanol–water partition coefficient (Wildman–Crippen LogP) is 3.11. The minimum absolute atomic E-state index is 0.0500. The average Bonchev–Trinajstić information content (AvgIpc) is 2.79. The number of carbonyl (C=O) groups is 3. The Morgan fingerprint density at radius 2 is 1.88 bits per heavy atom. The van der Waals surface area contributed by atoms with E-state index in [-0.39, 0.29) is 24.2 Å². The molecule has 0 radical (unpaired) electrons. The summed E-state index contributed by atoms with van der Waals surface area (Å²) in [4.78, 5) is 41.0. The van der Waals surface area contributed by atoms with Crippen molar-refractivity contribution in [3.8, 4) is 0 Å². The van der Waals surface area contributed by atoms with Gasteiger partial charge in [-0.15, -0.1) is 0 Å². The van der Waals surface area contributed by atoms with Gasteiger partial charge in [0.25, 0.3) is 0 Å². The molecule has 4 N–H and O–H groups in total. The lowest BCUT2D eigenvalue weighted by Gasteiger charge is -2.27. The number of hydrogen-bond donors (Lipinski definition) is 3. The molecule has 1 saturated heterocycles. The number of nitrogens with zero attached hydrogens (tertiary/aromatic N) is 2. The summed E-state index contributed by atoms with van der Waals surface area (Å²) >= 11 is 0. The van der Waals surface area contributed by atoms with E-state index in [1.807, 2.05) is 19.9 Å². The van der Waals surface area contributed by atoms with Crippen molar-refractivity contribution in [2.75, 3.05) is 23.3 Å². The third-order valence-corrected chi connectivity index (χ3v) is 5.44. The van der Waals surface area contributed by atoms with Gasteiger partial charge in [0.05, 0.1) is 0 Å². The summed E-state index contributed by atoms with van der Waals surface area (Å²) in [6.45, 7) is 5.29. The first-order valence-electron chi connectivity index (χ1n) is 11.2. The number of amidine groups is 1. The standard InChI is InChI=1S/C25H31N5O3/c1-17(2)15-29(16-18-6-5-7-19(14-18)23(26)27)25(33)24(32)28-20-9-11-21(12-10-20)30-13-4-3-8-22(30)31/h5-7,9-12,14,17H,3-4,8,13,15-16H2,1-2H3,(H3,26,27)(H,28,32). The lowest BCUT2D eigenvalue weighted by molar-refractivity contribution is -0.143. The van der Waals surface area contributed by atoms with E-state index in [9.17, 15) is 14.4 Å². The molecule has 0 bridgehead atoms. The molecule has 8 nitrogen and oxygen atoms in total. The number of hydrogen-bond acceptors (Lipinski definition) is 4. The first-order chi connectivity index (χ1) is 15.7. The second kappa shape index (κ2) is 10.8. The van der Waals surface area contributed by atoms with Crippen molar-refractivity contribution in [2.45, 2.75) is 39.7 Å². The van der Waals surface area contributed by atoms with Gasteiger partial charge in [-0.25, -0.2) is 0 Å². The largest absolute Gasteiger partial charge is 0.384 e. The van der Waals surface area contributed by atoms with E-state index >= 15 is 0 Å². The maximum Gasteiger partial charge on any atom is 0.313 e. The monoisotopic (exact) mass is 449 g/mol. The summed E-state index contributed by atoms with van der Waals surface area (Å²) in [5, 5.41) is 10.3. The van der Waals surface area contributed by atoms with Crippen molar-refractivity contribution in [2.24, 2.45) is 11.7 Å². The Hall–Kier alpha value is -3.68. The molecular weight excluding hydrogens is 418 g/mol. The summed E-state index contributed by atoms with van der Waals surface area (Å²) in [6.07, 6.45) is 2.44. The van der Waals surface area contributed by atoms with Crippen LogP contribution in [0.1, 0.15) is 44.2 Å². The molecular formula is C25H31N5O3. The van der Waals surface area contributed by atoms with Gasteiger partial charge in [-0.2, -0.15) is 0 Å². The van der Waals surface area contributed by atoms with Crippen LogP contribution in [0.25, 0.3) is 0 Å². The molecule has 1 fully saturated rings. The number of benzene rings is 2. The van der Waals surface area contributed by atoms with Gasteiger partial charge < -0.3 is 20.9 Å². The molecule has 0 saturated carbocycles. The van der Waals surface area contributed by atoms with E-state index in [1.54, 1.807) is 47.4 Å². The lowest BCUT2D eigenvalue weighted by Crippen LogP contribution is -2.41. The first-order valence-corrected chi connectivity index (χ1v) is 11.2. The van der Waals surface area contributed by atoms with Gasteiger partial charge in [-0.1, -0.05) is 32.0 Å². The van der Waals surface area contributed by atoms with E-state index < -0.39 is 11.8 Å². The number of nitrogens with two attached hydrogens (primary N) is 1. The second-order valence-electron chi connectivity index (χ2n) is 8.70. The van der Waals surface area contributed by atoms with Gasteiger partial charge in [0.1, 0.15) is 5.84 Å². The highest BCUT2D eigenvalue weighted by Gasteiger charge is 2.24. The van der Waals surface area contributed by atoms with Crippen LogP contribution >= 0.6 is 0 Å². The van der Waals surface area contributed by atoms with Gasteiger partial charge in [-0.3, -0.25) is 19.8 Å². The van der Waals surface area contributed by atoms with Gasteiger partial charge in [0.15, 0.2) is 0 Å². The number of amides is 3. The third kappa shape index (κ3) is 6.41. The molecule has 2 aromatic carbocycles. The molecule has 0 atom stereocenters. The molecule has 0 unspecified atom stereocenters. The van der Waals surface area contributed by atoms with Crippen LogP contribution in [0.4, 0.5) is 11.4 Å². The van der Waals surface area contributed by atoms with E-state index in [4.69, 9.17) is 11.1 Å². The Kier molecular flexibility index (Phi) is 7.82. The summed E-state index contributed by atoms with van der Waals surface area (Å²) in [6, 6.07) is 14.1. The topological polar surface area (TPSA) is 120 Å². The minimum Gasteiger partial charge on any atom is -0.384 e. The normalized spacial score (nSPS) is 13.7. The second-order valence-corrected chi connectivity index (χ2v) is 8.70. The van der Waals surface area contributed by atoms with Crippen LogP contribution in [-0.2, 0) is 20.9 Å². The first kappa shape index (κ1) is 24.0. The maximum atomic E-state index is 13.0. The SMILES string of the molecule is CC(C)CN(Cc1cccc(C(=N)N)c1)C(=O)C(=O)Nc1ccc(N2CCCCC2=O)cc1. The number of nitrogen functional groups attached to an aromatic ring is 1. The zero-order valence-electron chi connectivity index (χ0n) is 19.1. The zero-order valence-corrected chi connectivity index (χ0v) is 19.1. The summed E-state index contributed by atoms with van der Waals surface area (Å²) < 4.78 is 0. The lowest BCUT2D eigenvalue weighted by atomic mass is 10.1. The molecule has 0 aromatic heterocycles. The highest BCUT2D eigenvalue weighted by atomic mass is 16.2. The van der Waals surface area contributed by atoms with Gasteiger partial charge in [0, 0.05) is 43.0 Å². The molecule has 1 aliphatic rings. The van der Waals surface area contributed by atoms with Gasteiger partial charge in [0.2, 0.25) is 5.91 Å². The quantitative estimate of drug-likeness (QED) is 0.342. The molecule has 1 heterocycles. The number of rotatable bonds is 7. The highest BCUT2D eigenvalue weighted by Crippen LogP contribution is 2.23. The van der Waals surface area contributed by atoms with Crippen molar-refractivity contribution in [3.05, 3.63) is 59.7 Å². The average molecular weight is 450 g/mol. The smallest absolute Gasteiger partial charge is 0.313 e. The van der Waals surface area contributed by atoms with Crippen molar-refractivity contribution in [3.63, 3.8) is 0 Å². The molecule has 8 heteroatoms. The van der Waals surface area contributed by atoms with Crippen LogP contribution in [0.2, 0.25) is 0 Å². The van der Waals surface area contributed by atoms with E-state index in [1.165, 1.54) is 4.90 Å². The van der Waals surface area contributed by atoms with Crippen LogP contribution in [-0.4, -0.2) is 41.5 Å². The number of piperidine rings is 1. The Bertz CT molecular complexity index is 1030. The Morgan fingerprint density at radius 3 is 2.52 bits per heavy atom. The van der Waals surface area contributed by atoms with Crippen LogP contribution in [0.15, 0.2) is 48.5 Å². The fraction of sp³-hybridized carbons (Fsp3) is 0.360. The molecule has 2 aromatic rings. The van der Waals surface area contributed by atoms with Crippen molar-refractivity contribution >= 4 is 34.9 Å². The molecule has 3 amide bonds.